The zero-order valence-electron chi connectivity index (χ0n) is 15.9. The Morgan fingerprint density at radius 2 is 1.48 bits per heavy atom. The SMILES string of the molecule is CSc1ccc(S(=O)(=O)Nc2ccc(C(=O)Nc3ccccc3SC)cc2)cc1. The van der Waals surface area contributed by atoms with Crippen LogP contribution in [0.3, 0.4) is 0 Å². The van der Waals surface area contributed by atoms with Crippen LogP contribution in [0.1, 0.15) is 10.4 Å². The maximum atomic E-state index is 12.5. The van der Waals surface area contributed by atoms with Crippen LogP contribution in [0, 0.1) is 0 Å². The Labute approximate surface area is 179 Å². The molecule has 0 saturated heterocycles. The maximum Gasteiger partial charge on any atom is 0.261 e. The lowest BCUT2D eigenvalue weighted by Gasteiger charge is -2.11. The zero-order chi connectivity index (χ0) is 20.9. The number of carbonyl (C=O) groups is 1. The van der Waals surface area contributed by atoms with Crippen LogP contribution in [0.15, 0.2) is 87.5 Å². The molecule has 150 valence electrons. The Morgan fingerprint density at radius 1 is 0.828 bits per heavy atom. The summed E-state index contributed by atoms with van der Waals surface area (Å²) in [4.78, 5) is 14.6. The molecule has 5 nitrogen and oxygen atoms in total. The molecule has 3 rings (SSSR count). The summed E-state index contributed by atoms with van der Waals surface area (Å²) in [6, 6.07) is 20.5. The first-order valence-corrected chi connectivity index (χ1v) is 12.6. The molecule has 0 saturated carbocycles. The molecule has 3 aromatic rings. The normalized spacial score (nSPS) is 11.1. The molecule has 0 unspecified atom stereocenters. The van der Waals surface area contributed by atoms with Crippen LogP contribution in [0.2, 0.25) is 0 Å². The van der Waals surface area contributed by atoms with Gasteiger partial charge in [0.05, 0.1) is 10.6 Å². The highest BCUT2D eigenvalue weighted by Crippen LogP contribution is 2.25. The van der Waals surface area contributed by atoms with E-state index in [-0.39, 0.29) is 10.8 Å². The Morgan fingerprint density at radius 3 is 2.10 bits per heavy atom. The van der Waals surface area contributed by atoms with Crippen molar-refractivity contribution in [2.75, 3.05) is 22.6 Å². The quantitative estimate of drug-likeness (QED) is 0.491. The predicted octanol–water partition coefficient (Wildman–Crippen LogP) is 5.18. The molecule has 0 aliphatic rings. The largest absolute Gasteiger partial charge is 0.321 e. The van der Waals surface area contributed by atoms with Gasteiger partial charge in [-0.05, 0) is 73.2 Å². The smallest absolute Gasteiger partial charge is 0.261 e. The molecule has 0 fully saturated rings. The maximum absolute atomic E-state index is 12.5. The lowest BCUT2D eigenvalue weighted by atomic mass is 10.2. The summed E-state index contributed by atoms with van der Waals surface area (Å²) in [5, 5.41) is 2.88. The fraction of sp³-hybridized carbons (Fsp3) is 0.0952. The van der Waals surface area contributed by atoms with Gasteiger partial charge in [0.2, 0.25) is 0 Å². The zero-order valence-corrected chi connectivity index (χ0v) is 18.3. The lowest BCUT2D eigenvalue weighted by Crippen LogP contribution is -2.14. The van der Waals surface area contributed by atoms with Gasteiger partial charge in [-0.2, -0.15) is 0 Å². The molecular weight excluding hydrogens is 424 g/mol. The molecule has 0 bridgehead atoms. The minimum Gasteiger partial charge on any atom is -0.321 e. The van der Waals surface area contributed by atoms with Crippen molar-refractivity contribution in [3.63, 3.8) is 0 Å². The van der Waals surface area contributed by atoms with Crippen molar-refractivity contribution in [3.05, 3.63) is 78.4 Å². The first kappa shape index (κ1) is 21.3. The number of carbonyl (C=O) groups excluding carboxylic acids is 1. The number of para-hydroxylation sites is 1. The number of nitrogens with one attached hydrogen (secondary N) is 2. The summed E-state index contributed by atoms with van der Waals surface area (Å²) in [5.41, 5.74) is 1.57. The number of anilines is 2. The molecule has 0 aliphatic carbocycles. The third-order valence-electron chi connectivity index (χ3n) is 4.12. The Balaban J connectivity index is 1.71. The van der Waals surface area contributed by atoms with Gasteiger partial charge in [-0.3, -0.25) is 9.52 Å². The van der Waals surface area contributed by atoms with Crippen molar-refractivity contribution >= 4 is 50.8 Å². The third-order valence-corrected chi connectivity index (χ3v) is 7.06. The van der Waals surface area contributed by atoms with E-state index in [1.54, 1.807) is 72.1 Å². The molecule has 2 N–H and O–H groups in total. The van der Waals surface area contributed by atoms with Crippen LogP contribution in [-0.4, -0.2) is 26.8 Å². The highest BCUT2D eigenvalue weighted by molar-refractivity contribution is 7.99. The van der Waals surface area contributed by atoms with Crippen LogP contribution in [0.25, 0.3) is 0 Å². The second-order valence-corrected chi connectivity index (χ2v) is 9.42. The first-order valence-electron chi connectivity index (χ1n) is 8.64. The molecule has 0 radical (unpaired) electrons. The van der Waals surface area contributed by atoms with Crippen molar-refractivity contribution < 1.29 is 13.2 Å². The van der Waals surface area contributed by atoms with E-state index in [0.29, 0.717) is 11.3 Å². The molecule has 0 spiro atoms. The van der Waals surface area contributed by atoms with E-state index in [4.69, 9.17) is 0 Å². The Bertz CT molecular complexity index is 1100. The van der Waals surface area contributed by atoms with Crippen LogP contribution in [0.5, 0.6) is 0 Å². The predicted molar refractivity (Wildman–Crippen MR) is 122 cm³/mol. The van der Waals surface area contributed by atoms with Crippen LogP contribution in [0.4, 0.5) is 11.4 Å². The standard InChI is InChI=1S/C21H20N2O3S3/c1-27-17-11-13-18(14-12-17)29(25,26)23-16-9-7-15(8-10-16)21(24)22-19-5-3-4-6-20(19)28-2/h3-14,23H,1-2H3,(H,22,24). The second-order valence-electron chi connectivity index (χ2n) is 6.01. The average Bonchev–Trinajstić information content (AvgIpc) is 2.74. The van der Waals surface area contributed by atoms with E-state index in [2.05, 4.69) is 10.0 Å². The van der Waals surface area contributed by atoms with Crippen LogP contribution >= 0.6 is 23.5 Å². The average molecular weight is 445 g/mol. The van der Waals surface area contributed by atoms with E-state index in [0.717, 1.165) is 15.5 Å². The summed E-state index contributed by atoms with van der Waals surface area (Å²) in [6.45, 7) is 0. The van der Waals surface area contributed by atoms with E-state index in [1.165, 1.54) is 0 Å². The van der Waals surface area contributed by atoms with Gasteiger partial charge in [0.1, 0.15) is 0 Å². The van der Waals surface area contributed by atoms with Gasteiger partial charge in [-0.15, -0.1) is 23.5 Å². The van der Waals surface area contributed by atoms with Gasteiger partial charge >= 0.3 is 0 Å². The van der Waals surface area contributed by atoms with Crippen LogP contribution in [-0.2, 0) is 10.0 Å². The molecule has 8 heteroatoms. The molecule has 0 heterocycles. The third kappa shape index (κ3) is 5.35. The summed E-state index contributed by atoms with van der Waals surface area (Å²) in [7, 11) is -3.69. The van der Waals surface area contributed by atoms with Gasteiger partial charge in [0, 0.05) is 21.0 Å². The number of amides is 1. The number of hydrogen-bond acceptors (Lipinski definition) is 5. The molecule has 1 amide bonds. The number of benzene rings is 3. The van der Waals surface area contributed by atoms with Crippen LogP contribution < -0.4 is 10.0 Å². The minimum atomic E-state index is -3.69. The van der Waals surface area contributed by atoms with E-state index in [1.807, 2.05) is 36.8 Å². The van der Waals surface area contributed by atoms with Crippen molar-refractivity contribution in [1.29, 1.82) is 0 Å². The lowest BCUT2D eigenvalue weighted by molar-refractivity contribution is 0.102. The summed E-state index contributed by atoms with van der Waals surface area (Å²) < 4.78 is 27.6. The number of hydrogen-bond donors (Lipinski definition) is 2. The molecule has 0 atom stereocenters. The summed E-state index contributed by atoms with van der Waals surface area (Å²) >= 11 is 3.09. The Kier molecular flexibility index (Phi) is 6.89. The van der Waals surface area contributed by atoms with Crippen molar-refractivity contribution in [1.82, 2.24) is 0 Å². The van der Waals surface area contributed by atoms with Gasteiger partial charge in [0.15, 0.2) is 0 Å². The molecule has 0 aromatic heterocycles. The molecular formula is C21H20N2O3S3. The number of sulfonamides is 1. The monoisotopic (exact) mass is 444 g/mol. The minimum absolute atomic E-state index is 0.186. The fourth-order valence-electron chi connectivity index (χ4n) is 2.60. The highest BCUT2D eigenvalue weighted by Gasteiger charge is 2.15. The van der Waals surface area contributed by atoms with E-state index >= 15 is 0 Å². The summed E-state index contributed by atoms with van der Waals surface area (Å²) in [6.07, 6.45) is 3.87. The van der Waals surface area contributed by atoms with Crippen molar-refractivity contribution in [2.24, 2.45) is 0 Å². The Hall–Kier alpha value is -2.42. The number of rotatable bonds is 7. The highest BCUT2D eigenvalue weighted by atomic mass is 32.2. The van der Waals surface area contributed by atoms with Gasteiger partial charge < -0.3 is 5.32 Å². The van der Waals surface area contributed by atoms with E-state index < -0.39 is 10.0 Å². The summed E-state index contributed by atoms with van der Waals surface area (Å²) in [5.74, 6) is -0.256. The van der Waals surface area contributed by atoms with Crippen molar-refractivity contribution in [2.45, 2.75) is 14.7 Å². The van der Waals surface area contributed by atoms with Gasteiger partial charge in [-0.25, -0.2) is 8.42 Å². The first-order chi connectivity index (χ1) is 13.9. The second kappa shape index (κ2) is 9.39. The number of thioether (sulfide) groups is 2. The topological polar surface area (TPSA) is 75.3 Å². The fourth-order valence-corrected chi connectivity index (χ4v) is 4.62. The van der Waals surface area contributed by atoms with E-state index in [9.17, 15) is 13.2 Å². The van der Waals surface area contributed by atoms with Crippen molar-refractivity contribution in [3.8, 4) is 0 Å². The molecule has 29 heavy (non-hydrogen) atoms. The van der Waals surface area contributed by atoms with Gasteiger partial charge in [0.25, 0.3) is 15.9 Å². The van der Waals surface area contributed by atoms with Gasteiger partial charge in [-0.1, -0.05) is 12.1 Å². The molecule has 3 aromatic carbocycles. The molecule has 0 aliphatic heterocycles.